The standard InChI is InChI=1S/C30H31N5/c1-21-17-19-25(20-18-21)34(29(31)33-26-14-8-5-11-22(26)2)30(32)35(27-15-9-6-12-23(27)3)28-16-10-7-13-24(28)4/h5-20,32H,1-4H3,(H2,31,33). The van der Waals surface area contributed by atoms with Gasteiger partial charge in [0, 0.05) is 5.69 Å². The van der Waals surface area contributed by atoms with E-state index in [-0.39, 0.29) is 11.9 Å². The normalized spacial score (nSPS) is 10.5. The molecule has 0 aliphatic carbocycles. The van der Waals surface area contributed by atoms with Crippen molar-refractivity contribution in [1.82, 2.24) is 0 Å². The Hall–Kier alpha value is -4.38. The average Bonchev–Trinajstić information content (AvgIpc) is 2.84. The van der Waals surface area contributed by atoms with Crippen LogP contribution in [0.15, 0.2) is 97.1 Å². The van der Waals surface area contributed by atoms with Gasteiger partial charge in [-0.2, -0.15) is 0 Å². The minimum atomic E-state index is 0.0975. The minimum Gasteiger partial charge on any atom is -0.325 e. The molecule has 0 fully saturated rings. The van der Waals surface area contributed by atoms with E-state index >= 15 is 0 Å². The van der Waals surface area contributed by atoms with Crippen LogP contribution in [0, 0.1) is 38.5 Å². The van der Waals surface area contributed by atoms with Crippen molar-refractivity contribution in [1.29, 1.82) is 10.8 Å². The Labute approximate surface area is 207 Å². The largest absolute Gasteiger partial charge is 0.325 e. The van der Waals surface area contributed by atoms with Crippen molar-refractivity contribution in [3.05, 3.63) is 119 Å². The lowest BCUT2D eigenvalue weighted by molar-refractivity contribution is 1.17. The monoisotopic (exact) mass is 461 g/mol. The molecule has 4 aromatic carbocycles. The highest BCUT2D eigenvalue weighted by molar-refractivity contribution is 6.25. The molecule has 176 valence electrons. The summed E-state index contributed by atoms with van der Waals surface area (Å²) in [5.41, 5.74) is 7.60. The topological polar surface area (TPSA) is 66.2 Å². The number of nitrogens with one attached hydrogen (secondary N) is 3. The summed E-state index contributed by atoms with van der Waals surface area (Å²) >= 11 is 0. The number of rotatable bonds is 4. The van der Waals surface area contributed by atoms with Gasteiger partial charge in [0.05, 0.1) is 17.1 Å². The summed E-state index contributed by atoms with van der Waals surface area (Å²) in [7, 11) is 0. The Balaban J connectivity index is 1.85. The Morgan fingerprint density at radius 1 is 0.600 bits per heavy atom. The molecule has 0 spiro atoms. The summed E-state index contributed by atoms with van der Waals surface area (Å²) in [4.78, 5) is 3.56. The van der Waals surface area contributed by atoms with Gasteiger partial charge in [-0.3, -0.25) is 20.6 Å². The highest BCUT2D eigenvalue weighted by atomic mass is 15.4. The molecule has 0 aliphatic heterocycles. The summed E-state index contributed by atoms with van der Waals surface area (Å²) in [5.74, 6) is 0.254. The predicted molar refractivity (Wildman–Crippen MR) is 148 cm³/mol. The maximum absolute atomic E-state index is 9.48. The number of benzene rings is 4. The fourth-order valence-electron chi connectivity index (χ4n) is 4.03. The highest BCUT2D eigenvalue weighted by Gasteiger charge is 2.27. The lowest BCUT2D eigenvalue weighted by Gasteiger charge is -2.35. The van der Waals surface area contributed by atoms with Gasteiger partial charge in [0.25, 0.3) is 0 Å². The zero-order valence-corrected chi connectivity index (χ0v) is 20.6. The van der Waals surface area contributed by atoms with Crippen molar-refractivity contribution in [2.75, 3.05) is 15.1 Å². The van der Waals surface area contributed by atoms with Gasteiger partial charge < -0.3 is 5.32 Å². The summed E-state index contributed by atoms with van der Waals surface area (Å²) < 4.78 is 0. The fraction of sp³-hybridized carbons (Fsp3) is 0.133. The first kappa shape index (κ1) is 23.8. The van der Waals surface area contributed by atoms with Gasteiger partial charge in [-0.25, -0.2) is 0 Å². The maximum Gasteiger partial charge on any atom is 0.214 e. The van der Waals surface area contributed by atoms with Gasteiger partial charge in [0.15, 0.2) is 0 Å². The van der Waals surface area contributed by atoms with Crippen LogP contribution in [0.3, 0.4) is 0 Å². The van der Waals surface area contributed by atoms with E-state index in [1.54, 1.807) is 4.90 Å². The number of anilines is 4. The van der Waals surface area contributed by atoms with Crippen molar-refractivity contribution >= 4 is 34.7 Å². The molecule has 4 rings (SSSR count). The minimum absolute atomic E-state index is 0.0975. The molecule has 0 saturated heterocycles. The van der Waals surface area contributed by atoms with Crippen LogP contribution in [0.5, 0.6) is 0 Å². The van der Waals surface area contributed by atoms with Crippen LogP contribution < -0.4 is 15.1 Å². The van der Waals surface area contributed by atoms with E-state index < -0.39 is 0 Å². The third-order valence-corrected chi connectivity index (χ3v) is 6.05. The fourth-order valence-corrected chi connectivity index (χ4v) is 4.03. The van der Waals surface area contributed by atoms with E-state index in [0.717, 1.165) is 45.0 Å². The lowest BCUT2D eigenvalue weighted by Crippen LogP contribution is -2.48. The molecule has 0 amide bonds. The van der Waals surface area contributed by atoms with Crippen LogP contribution in [0.2, 0.25) is 0 Å². The molecule has 0 aromatic heterocycles. The Kier molecular flexibility index (Phi) is 6.97. The van der Waals surface area contributed by atoms with Gasteiger partial charge in [-0.1, -0.05) is 72.3 Å². The number of aryl methyl sites for hydroxylation is 4. The van der Waals surface area contributed by atoms with Gasteiger partial charge in [0.1, 0.15) is 0 Å². The first-order chi connectivity index (χ1) is 16.9. The molecular formula is C30H31N5. The number of guanidine groups is 2. The molecular weight excluding hydrogens is 430 g/mol. The highest BCUT2D eigenvalue weighted by Crippen LogP contribution is 2.33. The second kappa shape index (κ2) is 10.3. The summed E-state index contributed by atoms with van der Waals surface area (Å²) in [6.07, 6.45) is 0. The number of hydrogen-bond donors (Lipinski definition) is 3. The molecule has 5 heteroatoms. The summed E-state index contributed by atoms with van der Waals surface area (Å²) in [6, 6.07) is 31.8. The van der Waals surface area contributed by atoms with Crippen LogP contribution in [-0.2, 0) is 0 Å². The number of para-hydroxylation sites is 3. The van der Waals surface area contributed by atoms with Gasteiger partial charge in [-0.15, -0.1) is 0 Å². The number of nitrogens with zero attached hydrogens (tertiary/aromatic N) is 2. The Morgan fingerprint density at radius 2 is 1.09 bits per heavy atom. The maximum atomic E-state index is 9.48. The van der Waals surface area contributed by atoms with E-state index in [1.807, 2.05) is 130 Å². The van der Waals surface area contributed by atoms with E-state index in [0.29, 0.717) is 0 Å². The van der Waals surface area contributed by atoms with Crippen LogP contribution in [0.4, 0.5) is 22.7 Å². The molecule has 0 radical (unpaired) electrons. The third kappa shape index (κ3) is 5.09. The quantitative estimate of drug-likeness (QED) is 0.217. The molecule has 0 bridgehead atoms. The molecule has 5 nitrogen and oxygen atoms in total. The lowest BCUT2D eigenvalue weighted by atomic mass is 10.1. The molecule has 0 atom stereocenters. The van der Waals surface area contributed by atoms with Crippen molar-refractivity contribution in [2.24, 2.45) is 0 Å². The molecule has 0 unspecified atom stereocenters. The molecule has 3 N–H and O–H groups in total. The second-order valence-corrected chi connectivity index (χ2v) is 8.69. The van der Waals surface area contributed by atoms with E-state index in [2.05, 4.69) is 5.32 Å². The van der Waals surface area contributed by atoms with Crippen molar-refractivity contribution in [3.63, 3.8) is 0 Å². The SMILES string of the molecule is Cc1ccc(N(C(=N)Nc2ccccc2C)C(=N)N(c2ccccc2C)c2ccccc2C)cc1. The van der Waals surface area contributed by atoms with Crippen LogP contribution >= 0.6 is 0 Å². The van der Waals surface area contributed by atoms with E-state index in [4.69, 9.17) is 5.41 Å². The molecule has 4 aromatic rings. The van der Waals surface area contributed by atoms with Crippen molar-refractivity contribution < 1.29 is 0 Å². The molecule has 0 heterocycles. The second-order valence-electron chi connectivity index (χ2n) is 8.69. The smallest absolute Gasteiger partial charge is 0.214 e. The zero-order chi connectivity index (χ0) is 24.9. The van der Waals surface area contributed by atoms with Gasteiger partial charge in [0.2, 0.25) is 11.9 Å². The van der Waals surface area contributed by atoms with Gasteiger partial charge in [-0.05, 0) is 74.7 Å². The van der Waals surface area contributed by atoms with Crippen LogP contribution in [0.1, 0.15) is 22.3 Å². The molecule has 35 heavy (non-hydrogen) atoms. The average molecular weight is 462 g/mol. The third-order valence-electron chi connectivity index (χ3n) is 6.05. The van der Waals surface area contributed by atoms with Crippen molar-refractivity contribution in [2.45, 2.75) is 27.7 Å². The summed E-state index contributed by atoms with van der Waals surface area (Å²) in [6.45, 7) is 8.12. The number of hydrogen-bond acceptors (Lipinski definition) is 2. The van der Waals surface area contributed by atoms with E-state index in [9.17, 15) is 5.41 Å². The Morgan fingerprint density at radius 3 is 1.60 bits per heavy atom. The molecule has 0 saturated carbocycles. The van der Waals surface area contributed by atoms with Crippen LogP contribution in [0.25, 0.3) is 0 Å². The zero-order valence-electron chi connectivity index (χ0n) is 20.6. The first-order valence-electron chi connectivity index (χ1n) is 11.6. The Bertz CT molecular complexity index is 1310. The summed E-state index contributed by atoms with van der Waals surface area (Å²) in [5, 5.41) is 21.8. The molecule has 0 aliphatic rings. The van der Waals surface area contributed by atoms with Crippen molar-refractivity contribution in [3.8, 4) is 0 Å². The van der Waals surface area contributed by atoms with E-state index in [1.165, 1.54) is 0 Å². The first-order valence-corrected chi connectivity index (χ1v) is 11.6. The van der Waals surface area contributed by atoms with Crippen LogP contribution in [-0.4, -0.2) is 11.9 Å². The van der Waals surface area contributed by atoms with Gasteiger partial charge >= 0.3 is 0 Å². The predicted octanol–water partition coefficient (Wildman–Crippen LogP) is 7.55.